The van der Waals surface area contributed by atoms with E-state index in [4.69, 9.17) is 10.5 Å². The zero-order valence-corrected chi connectivity index (χ0v) is 11.5. The van der Waals surface area contributed by atoms with Gasteiger partial charge in [-0.2, -0.15) is 0 Å². The van der Waals surface area contributed by atoms with Gasteiger partial charge in [-0.05, 0) is 23.8 Å². The molecule has 0 aliphatic heterocycles. The number of nitrogens with zero attached hydrogens (tertiary/aromatic N) is 2. The van der Waals surface area contributed by atoms with Gasteiger partial charge >= 0.3 is 0 Å². The summed E-state index contributed by atoms with van der Waals surface area (Å²) in [6.07, 6.45) is 3.42. The number of nitrogens with two attached hydrogens (primary N) is 1. The minimum absolute atomic E-state index is 0.520. The molecule has 4 N–H and O–H groups in total. The lowest BCUT2D eigenvalue weighted by Crippen LogP contribution is -2.10. The van der Waals surface area contributed by atoms with E-state index in [0.29, 0.717) is 13.2 Å². The predicted octanol–water partition coefficient (Wildman–Crippen LogP) is 1.91. The van der Waals surface area contributed by atoms with E-state index in [2.05, 4.69) is 20.3 Å². The third-order valence-electron chi connectivity index (χ3n) is 3.08. The quantitative estimate of drug-likeness (QED) is 0.643. The normalized spacial score (nSPS) is 10.7. The molecular weight excluding hydrogens is 266 g/mol. The van der Waals surface area contributed by atoms with Crippen LogP contribution in [0.25, 0.3) is 11.2 Å². The van der Waals surface area contributed by atoms with Crippen LogP contribution in [0.5, 0.6) is 5.75 Å². The number of anilines is 1. The number of hydrogen-bond donors (Lipinski definition) is 3. The van der Waals surface area contributed by atoms with Crippen molar-refractivity contribution in [1.82, 2.24) is 15.0 Å². The van der Waals surface area contributed by atoms with Crippen LogP contribution in [0.4, 0.5) is 5.69 Å². The fraction of sp³-hybridized carbons (Fsp3) is 0.200. The number of hydrogen-bond acceptors (Lipinski definition) is 5. The molecule has 0 unspecified atom stereocenters. The summed E-state index contributed by atoms with van der Waals surface area (Å²) in [5.74, 6) is 0.838. The molecule has 1 aromatic carbocycles. The number of ether oxygens (including phenoxy) is 1. The van der Waals surface area contributed by atoms with E-state index in [9.17, 15) is 0 Å². The Hall–Kier alpha value is -2.60. The Morgan fingerprint density at radius 2 is 2.05 bits per heavy atom. The van der Waals surface area contributed by atoms with E-state index < -0.39 is 0 Å². The summed E-state index contributed by atoms with van der Waals surface area (Å²) >= 11 is 0. The summed E-state index contributed by atoms with van der Waals surface area (Å²) in [5.41, 5.74) is 9.17. The van der Waals surface area contributed by atoms with E-state index in [-0.39, 0.29) is 0 Å². The Morgan fingerprint density at radius 1 is 1.19 bits per heavy atom. The van der Waals surface area contributed by atoms with Crippen molar-refractivity contribution in [3.05, 3.63) is 48.4 Å². The van der Waals surface area contributed by atoms with Crippen LogP contribution in [-0.4, -0.2) is 28.1 Å². The number of H-pyrrole nitrogens is 1. The minimum Gasteiger partial charge on any atom is -0.492 e. The Morgan fingerprint density at radius 3 is 2.86 bits per heavy atom. The Kier molecular flexibility index (Phi) is 3.97. The molecule has 21 heavy (non-hydrogen) atoms. The number of pyridine rings is 1. The Balaban J connectivity index is 1.61. The molecule has 6 nitrogen and oxygen atoms in total. The maximum absolute atomic E-state index is 5.45. The molecule has 3 rings (SSSR count). The van der Waals surface area contributed by atoms with Gasteiger partial charge in [0.1, 0.15) is 12.4 Å². The SMILES string of the molecule is NCCOc1ccc(CNc2cnc3nc[nH]c3c2)cc1. The van der Waals surface area contributed by atoms with Gasteiger partial charge in [-0.25, -0.2) is 9.97 Å². The van der Waals surface area contributed by atoms with Crippen molar-refractivity contribution in [2.24, 2.45) is 5.73 Å². The molecule has 0 saturated carbocycles. The lowest BCUT2D eigenvalue weighted by molar-refractivity contribution is 0.328. The zero-order valence-electron chi connectivity index (χ0n) is 11.5. The van der Waals surface area contributed by atoms with Crippen molar-refractivity contribution in [3.63, 3.8) is 0 Å². The molecule has 108 valence electrons. The highest BCUT2D eigenvalue weighted by atomic mass is 16.5. The van der Waals surface area contributed by atoms with E-state index in [0.717, 1.165) is 29.1 Å². The van der Waals surface area contributed by atoms with Gasteiger partial charge in [-0.1, -0.05) is 12.1 Å². The minimum atomic E-state index is 0.520. The first-order chi connectivity index (χ1) is 10.3. The van der Waals surface area contributed by atoms with Crippen molar-refractivity contribution in [3.8, 4) is 5.75 Å². The van der Waals surface area contributed by atoms with Crippen LogP contribution in [0.1, 0.15) is 5.56 Å². The molecular formula is C15H17N5O. The van der Waals surface area contributed by atoms with Gasteiger partial charge in [0.15, 0.2) is 5.65 Å². The van der Waals surface area contributed by atoms with Gasteiger partial charge < -0.3 is 20.8 Å². The summed E-state index contributed by atoms with van der Waals surface area (Å²) in [4.78, 5) is 11.4. The number of aromatic nitrogens is 3. The second kappa shape index (κ2) is 6.23. The third kappa shape index (κ3) is 3.29. The fourth-order valence-corrected chi connectivity index (χ4v) is 2.01. The maximum atomic E-state index is 5.45. The molecule has 0 aliphatic rings. The molecule has 0 saturated heterocycles. The molecule has 0 aliphatic carbocycles. The first kappa shape index (κ1) is 13.4. The molecule has 0 amide bonds. The van der Waals surface area contributed by atoms with Crippen molar-refractivity contribution >= 4 is 16.9 Å². The number of nitrogens with one attached hydrogen (secondary N) is 2. The Bertz CT molecular complexity index is 707. The highest BCUT2D eigenvalue weighted by molar-refractivity contribution is 5.73. The van der Waals surface area contributed by atoms with Gasteiger partial charge in [0, 0.05) is 13.1 Å². The van der Waals surface area contributed by atoms with Crippen molar-refractivity contribution < 1.29 is 4.74 Å². The van der Waals surface area contributed by atoms with Gasteiger partial charge in [-0.15, -0.1) is 0 Å². The molecule has 0 radical (unpaired) electrons. The Labute approximate surface area is 122 Å². The van der Waals surface area contributed by atoms with Crippen LogP contribution in [-0.2, 0) is 6.54 Å². The van der Waals surface area contributed by atoms with Crippen LogP contribution in [0, 0.1) is 0 Å². The van der Waals surface area contributed by atoms with Crippen LogP contribution >= 0.6 is 0 Å². The van der Waals surface area contributed by atoms with E-state index in [1.165, 1.54) is 5.56 Å². The smallest absolute Gasteiger partial charge is 0.177 e. The molecule has 2 aromatic heterocycles. The number of benzene rings is 1. The molecule has 2 heterocycles. The van der Waals surface area contributed by atoms with Crippen molar-refractivity contribution in [2.75, 3.05) is 18.5 Å². The average Bonchev–Trinajstić information content (AvgIpc) is 2.99. The number of imidazole rings is 1. The fourth-order valence-electron chi connectivity index (χ4n) is 2.01. The van der Waals surface area contributed by atoms with E-state index in [1.807, 2.05) is 30.3 Å². The largest absolute Gasteiger partial charge is 0.492 e. The first-order valence-corrected chi connectivity index (χ1v) is 6.80. The van der Waals surface area contributed by atoms with Crippen molar-refractivity contribution in [1.29, 1.82) is 0 Å². The van der Waals surface area contributed by atoms with Crippen molar-refractivity contribution in [2.45, 2.75) is 6.54 Å². The molecule has 3 aromatic rings. The maximum Gasteiger partial charge on any atom is 0.177 e. The lowest BCUT2D eigenvalue weighted by Gasteiger charge is -2.08. The molecule has 0 spiro atoms. The summed E-state index contributed by atoms with van der Waals surface area (Å²) in [7, 11) is 0. The first-order valence-electron chi connectivity index (χ1n) is 6.80. The third-order valence-corrected chi connectivity index (χ3v) is 3.08. The van der Waals surface area contributed by atoms with Crippen LogP contribution < -0.4 is 15.8 Å². The summed E-state index contributed by atoms with van der Waals surface area (Å²) in [6, 6.07) is 9.95. The summed E-state index contributed by atoms with van der Waals surface area (Å²) in [5, 5.41) is 3.33. The molecule has 6 heteroatoms. The molecule has 0 fully saturated rings. The predicted molar refractivity (Wildman–Crippen MR) is 82.2 cm³/mol. The highest BCUT2D eigenvalue weighted by Crippen LogP contribution is 2.16. The number of rotatable bonds is 6. The second-order valence-electron chi connectivity index (χ2n) is 4.63. The number of aromatic amines is 1. The van der Waals surface area contributed by atoms with Crippen LogP contribution in [0.3, 0.4) is 0 Å². The molecule has 0 bridgehead atoms. The number of fused-ring (bicyclic) bond motifs is 1. The monoisotopic (exact) mass is 283 g/mol. The van der Waals surface area contributed by atoms with Gasteiger partial charge in [-0.3, -0.25) is 0 Å². The molecule has 0 atom stereocenters. The average molecular weight is 283 g/mol. The lowest BCUT2D eigenvalue weighted by atomic mass is 10.2. The van der Waals surface area contributed by atoms with Crippen LogP contribution in [0.2, 0.25) is 0 Å². The zero-order chi connectivity index (χ0) is 14.5. The van der Waals surface area contributed by atoms with Crippen LogP contribution in [0.15, 0.2) is 42.9 Å². The van der Waals surface area contributed by atoms with Gasteiger partial charge in [0.25, 0.3) is 0 Å². The summed E-state index contributed by atoms with van der Waals surface area (Å²) in [6.45, 7) is 1.78. The standard InChI is InChI=1S/C15H17N5O/c16-5-6-21-13-3-1-11(2-4-13)8-17-12-7-14-15(18-9-12)20-10-19-14/h1-4,7,9-10,17H,5-6,8,16H2,(H,18,19,20). The topological polar surface area (TPSA) is 88.8 Å². The van der Waals surface area contributed by atoms with E-state index >= 15 is 0 Å². The summed E-state index contributed by atoms with van der Waals surface area (Å²) < 4.78 is 5.45. The highest BCUT2D eigenvalue weighted by Gasteiger charge is 2.00. The van der Waals surface area contributed by atoms with Gasteiger partial charge in [0.2, 0.25) is 0 Å². The van der Waals surface area contributed by atoms with E-state index in [1.54, 1.807) is 12.5 Å². The van der Waals surface area contributed by atoms with Gasteiger partial charge in [0.05, 0.1) is 23.7 Å². The second-order valence-corrected chi connectivity index (χ2v) is 4.63.